The molecule has 1 aliphatic rings. The summed E-state index contributed by atoms with van der Waals surface area (Å²) in [7, 11) is -3.74. The quantitative estimate of drug-likeness (QED) is 0.894. The van der Waals surface area contributed by atoms with E-state index in [1.165, 1.54) is 4.31 Å². The van der Waals surface area contributed by atoms with Gasteiger partial charge in [0.2, 0.25) is 15.9 Å². The van der Waals surface area contributed by atoms with Crippen LogP contribution in [0.1, 0.15) is 29.5 Å². The fourth-order valence-corrected chi connectivity index (χ4v) is 5.71. The van der Waals surface area contributed by atoms with Crippen molar-refractivity contribution in [3.05, 3.63) is 53.3 Å². The van der Waals surface area contributed by atoms with E-state index >= 15 is 0 Å². The molecular formula is C19H23N3O3S. The van der Waals surface area contributed by atoms with Crippen molar-refractivity contribution in [2.24, 2.45) is 0 Å². The third-order valence-electron chi connectivity index (χ3n) is 4.63. The molecule has 26 heavy (non-hydrogen) atoms. The van der Waals surface area contributed by atoms with Crippen molar-refractivity contribution in [2.45, 2.75) is 44.6 Å². The van der Waals surface area contributed by atoms with Gasteiger partial charge in [-0.15, -0.1) is 0 Å². The number of carbonyl (C=O) groups excluding carboxylic acids is 1. The van der Waals surface area contributed by atoms with Crippen LogP contribution >= 0.6 is 0 Å². The highest BCUT2D eigenvalue weighted by molar-refractivity contribution is 7.89. The van der Waals surface area contributed by atoms with Crippen molar-refractivity contribution in [3.63, 3.8) is 0 Å². The summed E-state index contributed by atoms with van der Waals surface area (Å²) >= 11 is 0. The number of amides is 1. The van der Waals surface area contributed by atoms with Gasteiger partial charge in [-0.1, -0.05) is 17.7 Å². The molecule has 0 saturated carbocycles. The lowest BCUT2D eigenvalue weighted by molar-refractivity contribution is -0.119. The molecule has 138 valence electrons. The fourth-order valence-electron chi connectivity index (χ4n) is 3.64. The number of carbonyl (C=O) groups is 1. The smallest absolute Gasteiger partial charge is 0.244 e. The molecule has 1 saturated heterocycles. The first kappa shape index (κ1) is 18.5. The third kappa shape index (κ3) is 3.50. The average molecular weight is 373 g/mol. The van der Waals surface area contributed by atoms with Crippen LogP contribution in [-0.2, 0) is 14.8 Å². The van der Waals surface area contributed by atoms with Gasteiger partial charge in [-0.2, -0.15) is 4.31 Å². The van der Waals surface area contributed by atoms with Gasteiger partial charge in [0.25, 0.3) is 0 Å². The van der Waals surface area contributed by atoms with E-state index in [9.17, 15) is 13.2 Å². The summed E-state index contributed by atoms with van der Waals surface area (Å²) in [6.45, 7) is 5.89. The van der Waals surface area contributed by atoms with Crippen LogP contribution in [0.15, 0.2) is 41.6 Å². The predicted molar refractivity (Wildman–Crippen MR) is 100 cm³/mol. The molecule has 1 aliphatic heterocycles. The Morgan fingerprint density at radius 2 is 1.77 bits per heavy atom. The van der Waals surface area contributed by atoms with E-state index in [2.05, 4.69) is 10.3 Å². The van der Waals surface area contributed by atoms with Gasteiger partial charge in [-0.3, -0.25) is 9.78 Å². The molecule has 7 heteroatoms. The number of hydrogen-bond acceptors (Lipinski definition) is 4. The molecule has 1 amide bonds. The molecule has 1 unspecified atom stereocenters. The van der Waals surface area contributed by atoms with Gasteiger partial charge >= 0.3 is 0 Å². The van der Waals surface area contributed by atoms with Gasteiger partial charge in [0.05, 0.1) is 4.90 Å². The number of nitrogens with zero attached hydrogens (tertiary/aromatic N) is 2. The summed E-state index contributed by atoms with van der Waals surface area (Å²) < 4.78 is 27.9. The summed E-state index contributed by atoms with van der Waals surface area (Å²) in [5.41, 5.74) is 3.05. The maximum atomic E-state index is 13.3. The van der Waals surface area contributed by atoms with Crippen LogP contribution in [0.4, 0.5) is 5.69 Å². The maximum Gasteiger partial charge on any atom is 0.244 e. The number of sulfonamides is 1. The normalized spacial score (nSPS) is 18.0. The lowest BCUT2D eigenvalue weighted by atomic mass is 10.1. The van der Waals surface area contributed by atoms with E-state index in [1.54, 1.807) is 38.4 Å². The molecule has 6 nitrogen and oxygen atoms in total. The standard InChI is InChI=1S/C19H23N3O3S/c1-13-11-14(2)18(15(3)12-13)26(24,25)22-10-4-5-17(22)19(23)21-16-6-8-20-9-7-16/h6-9,11-12,17H,4-5,10H2,1-3H3,(H,20,21,23). The molecular weight excluding hydrogens is 350 g/mol. The lowest BCUT2D eigenvalue weighted by Gasteiger charge is -2.25. The Labute approximate surface area is 154 Å². The Kier molecular flexibility index (Phi) is 5.11. The van der Waals surface area contributed by atoms with Crippen molar-refractivity contribution in [2.75, 3.05) is 11.9 Å². The van der Waals surface area contributed by atoms with Crippen LogP contribution in [0.25, 0.3) is 0 Å². The molecule has 1 fully saturated rings. The first-order chi connectivity index (χ1) is 12.3. The van der Waals surface area contributed by atoms with Gasteiger partial charge in [0, 0.05) is 24.6 Å². The second-order valence-corrected chi connectivity index (χ2v) is 8.55. The maximum absolute atomic E-state index is 13.3. The summed E-state index contributed by atoms with van der Waals surface area (Å²) in [6, 6.07) is 6.39. The zero-order valence-electron chi connectivity index (χ0n) is 15.2. The Morgan fingerprint density at radius 3 is 2.38 bits per heavy atom. The number of nitrogens with one attached hydrogen (secondary N) is 1. The summed E-state index contributed by atoms with van der Waals surface area (Å²) in [6.07, 6.45) is 4.34. The minimum absolute atomic E-state index is 0.306. The monoisotopic (exact) mass is 373 g/mol. The van der Waals surface area contributed by atoms with Crippen molar-refractivity contribution < 1.29 is 13.2 Å². The molecule has 0 aliphatic carbocycles. The molecule has 1 aromatic heterocycles. The largest absolute Gasteiger partial charge is 0.325 e. The number of rotatable bonds is 4. The van der Waals surface area contributed by atoms with Crippen LogP contribution in [-0.4, -0.2) is 36.2 Å². The lowest BCUT2D eigenvalue weighted by Crippen LogP contribution is -2.43. The predicted octanol–water partition coefficient (Wildman–Crippen LogP) is 2.80. The minimum Gasteiger partial charge on any atom is -0.325 e. The van der Waals surface area contributed by atoms with Gasteiger partial charge in [-0.05, 0) is 56.9 Å². The van der Waals surface area contributed by atoms with Crippen molar-refractivity contribution >= 4 is 21.6 Å². The van der Waals surface area contributed by atoms with E-state index < -0.39 is 16.1 Å². The van der Waals surface area contributed by atoms with Crippen LogP contribution in [0.2, 0.25) is 0 Å². The zero-order valence-corrected chi connectivity index (χ0v) is 16.0. The summed E-state index contributed by atoms with van der Waals surface area (Å²) in [5.74, 6) is -0.306. The van der Waals surface area contributed by atoms with Crippen LogP contribution in [0.3, 0.4) is 0 Å². The highest BCUT2D eigenvalue weighted by atomic mass is 32.2. The average Bonchev–Trinajstić information content (AvgIpc) is 3.05. The van der Waals surface area contributed by atoms with Crippen LogP contribution in [0.5, 0.6) is 0 Å². The third-order valence-corrected chi connectivity index (χ3v) is 6.84. The molecule has 3 rings (SSSR count). The van der Waals surface area contributed by atoms with E-state index in [4.69, 9.17) is 0 Å². The van der Waals surface area contributed by atoms with E-state index in [-0.39, 0.29) is 5.91 Å². The van der Waals surface area contributed by atoms with E-state index in [1.807, 2.05) is 19.1 Å². The number of anilines is 1. The molecule has 0 radical (unpaired) electrons. The molecule has 2 aromatic rings. The second kappa shape index (κ2) is 7.17. The topological polar surface area (TPSA) is 79.4 Å². The number of hydrogen-bond donors (Lipinski definition) is 1. The van der Waals surface area contributed by atoms with Crippen LogP contribution in [0, 0.1) is 20.8 Å². The molecule has 0 spiro atoms. The number of aromatic nitrogens is 1. The van der Waals surface area contributed by atoms with Gasteiger partial charge in [0.15, 0.2) is 0 Å². The van der Waals surface area contributed by atoms with Gasteiger partial charge in [0.1, 0.15) is 6.04 Å². The summed E-state index contributed by atoms with van der Waals surface area (Å²) in [4.78, 5) is 16.9. The number of benzene rings is 1. The Bertz CT molecular complexity index is 903. The fraction of sp³-hybridized carbons (Fsp3) is 0.368. The Morgan fingerprint density at radius 1 is 1.15 bits per heavy atom. The van der Waals surface area contributed by atoms with Gasteiger partial charge in [-0.25, -0.2) is 8.42 Å². The molecule has 0 bridgehead atoms. The molecule has 1 atom stereocenters. The second-order valence-electron chi connectivity index (χ2n) is 6.73. The van der Waals surface area contributed by atoms with E-state index in [0.29, 0.717) is 41.1 Å². The van der Waals surface area contributed by atoms with Gasteiger partial charge < -0.3 is 5.32 Å². The Hall–Kier alpha value is -2.25. The van der Waals surface area contributed by atoms with Crippen molar-refractivity contribution in [1.82, 2.24) is 9.29 Å². The zero-order chi connectivity index (χ0) is 18.9. The minimum atomic E-state index is -3.74. The SMILES string of the molecule is Cc1cc(C)c(S(=O)(=O)N2CCCC2C(=O)Nc2ccncc2)c(C)c1. The first-order valence-corrected chi connectivity index (χ1v) is 10.1. The highest BCUT2D eigenvalue weighted by Gasteiger charge is 2.40. The summed E-state index contributed by atoms with van der Waals surface area (Å²) in [5, 5.41) is 2.79. The van der Waals surface area contributed by atoms with Crippen LogP contribution < -0.4 is 5.32 Å². The highest BCUT2D eigenvalue weighted by Crippen LogP contribution is 2.31. The molecule has 1 N–H and O–H groups in total. The van der Waals surface area contributed by atoms with Crippen molar-refractivity contribution in [1.29, 1.82) is 0 Å². The Balaban J connectivity index is 1.91. The number of pyridine rings is 1. The molecule has 2 heterocycles. The first-order valence-electron chi connectivity index (χ1n) is 8.61. The van der Waals surface area contributed by atoms with E-state index in [0.717, 1.165) is 5.56 Å². The van der Waals surface area contributed by atoms with Crippen molar-refractivity contribution in [3.8, 4) is 0 Å². The molecule has 1 aromatic carbocycles. The number of aryl methyl sites for hydroxylation is 3.